The number of rotatable bonds is 6. The number of aromatic nitrogens is 3. The van der Waals surface area contributed by atoms with Crippen molar-refractivity contribution in [3.05, 3.63) is 48.8 Å². The van der Waals surface area contributed by atoms with Crippen LogP contribution in [-0.4, -0.2) is 38.3 Å². The van der Waals surface area contributed by atoms with Crippen molar-refractivity contribution in [2.75, 3.05) is 12.4 Å². The zero-order valence-corrected chi connectivity index (χ0v) is 13.0. The van der Waals surface area contributed by atoms with Crippen molar-refractivity contribution >= 4 is 22.5 Å². The van der Waals surface area contributed by atoms with Gasteiger partial charge >= 0.3 is 0 Å². The molecule has 1 N–H and O–H groups in total. The van der Waals surface area contributed by atoms with Gasteiger partial charge in [-0.2, -0.15) is 0 Å². The fraction of sp³-hybridized carbons (Fsp3) is 0.250. The van der Waals surface area contributed by atoms with Crippen LogP contribution in [0.1, 0.15) is 0 Å². The first-order valence-corrected chi connectivity index (χ1v) is 7.98. The predicted molar refractivity (Wildman–Crippen MR) is 87.2 cm³/mol. The lowest BCUT2D eigenvalue weighted by Gasteiger charge is -2.13. The molecule has 0 radical (unpaired) electrons. The number of aliphatic hydroxyl groups is 1. The third kappa shape index (κ3) is 3.40. The molecule has 22 heavy (non-hydrogen) atoms. The first-order valence-electron chi connectivity index (χ1n) is 6.99. The Morgan fingerprint density at radius 2 is 2.05 bits per heavy atom. The van der Waals surface area contributed by atoms with Gasteiger partial charge in [-0.05, 0) is 11.5 Å². The summed E-state index contributed by atoms with van der Waals surface area (Å²) in [6.45, 7) is 0.249. The van der Waals surface area contributed by atoms with E-state index in [2.05, 4.69) is 10.2 Å². The van der Waals surface area contributed by atoms with E-state index in [1.807, 2.05) is 54.1 Å². The van der Waals surface area contributed by atoms with Gasteiger partial charge in [0, 0.05) is 18.2 Å². The third-order valence-corrected chi connectivity index (χ3v) is 4.43. The molecular weight excluding hydrogens is 298 g/mol. The van der Waals surface area contributed by atoms with Crippen LogP contribution in [0.3, 0.4) is 0 Å². The maximum atomic E-state index is 10.1. The Morgan fingerprint density at radius 3 is 2.86 bits per heavy atom. The summed E-state index contributed by atoms with van der Waals surface area (Å²) in [6, 6.07) is 14.0. The molecule has 0 amide bonds. The Morgan fingerprint density at radius 1 is 1.23 bits per heavy atom. The first kappa shape index (κ1) is 14.9. The SMILES string of the molecule is Cn1cnnc1SCC(O)COc1cccc2ccccc12. The quantitative estimate of drug-likeness (QED) is 0.708. The van der Waals surface area contributed by atoms with Gasteiger partial charge in [-0.25, -0.2) is 0 Å². The third-order valence-electron chi connectivity index (χ3n) is 3.26. The molecule has 5 nitrogen and oxygen atoms in total. The largest absolute Gasteiger partial charge is 0.490 e. The normalized spacial score (nSPS) is 12.5. The average molecular weight is 315 g/mol. The molecule has 1 heterocycles. The molecule has 3 rings (SSSR count). The van der Waals surface area contributed by atoms with Crippen LogP contribution in [0, 0.1) is 0 Å². The molecule has 0 saturated heterocycles. The summed E-state index contributed by atoms with van der Waals surface area (Å²) in [5, 5.41) is 20.8. The highest BCUT2D eigenvalue weighted by molar-refractivity contribution is 7.99. The second-order valence-corrected chi connectivity index (χ2v) is 5.96. The highest BCUT2D eigenvalue weighted by atomic mass is 32.2. The van der Waals surface area contributed by atoms with Crippen molar-refractivity contribution in [3.63, 3.8) is 0 Å². The lowest BCUT2D eigenvalue weighted by Crippen LogP contribution is -2.20. The number of benzene rings is 2. The van der Waals surface area contributed by atoms with Gasteiger partial charge in [-0.3, -0.25) is 0 Å². The molecule has 6 heteroatoms. The van der Waals surface area contributed by atoms with E-state index in [1.54, 1.807) is 6.33 Å². The number of hydrogen-bond donors (Lipinski definition) is 1. The number of hydrogen-bond acceptors (Lipinski definition) is 5. The molecule has 0 fully saturated rings. The van der Waals surface area contributed by atoms with Crippen molar-refractivity contribution in [1.82, 2.24) is 14.8 Å². The Kier molecular flexibility index (Phi) is 4.60. The maximum absolute atomic E-state index is 10.1. The lowest BCUT2D eigenvalue weighted by molar-refractivity contribution is 0.127. The standard InChI is InChI=1S/C16H17N3O2S/c1-19-11-17-18-16(19)22-10-13(20)9-21-15-8-4-6-12-5-2-3-7-14(12)15/h2-8,11,13,20H,9-10H2,1H3. The topological polar surface area (TPSA) is 60.2 Å². The minimum absolute atomic E-state index is 0.249. The van der Waals surface area contributed by atoms with Gasteiger partial charge in [-0.15, -0.1) is 10.2 Å². The number of aryl methyl sites for hydroxylation is 1. The monoisotopic (exact) mass is 315 g/mol. The van der Waals surface area contributed by atoms with Gasteiger partial charge in [0.15, 0.2) is 5.16 Å². The molecule has 0 bridgehead atoms. The van der Waals surface area contributed by atoms with Crippen LogP contribution < -0.4 is 4.74 Å². The molecule has 114 valence electrons. The van der Waals surface area contributed by atoms with Crippen molar-refractivity contribution in [1.29, 1.82) is 0 Å². The Hall–Kier alpha value is -2.05. The average Bonchev–Trinajstić information content (AvgIpc) is 2.96. The molecule has 1 aromatic heterocycles. The summed E-state index contributed by atoms with van der Waals surface area (Å²) in [6.07, 6.45) is 1.07. The van der Waals surface area contributed by atoms with Gasteiger partial charge in [-0.1, -0.05) is 48.2 Å². The van der Waals surface area contributed by atoms with Crippen LogP contribution in [0.25, 0.3) is 10.8 Å². The predicted octanol–water partition coefficient (Wildman–Crippen LogP) is 2.50. The van der Waals surface area contributed by atoms with E-state index in [1.165, 1.54) is 11.8 Å². The molecular formula is C16H17N3O2S. The smallest absolute Gasteiger partial charge is 0.190 e. The van der Waals surface area contributed by atoms with E-state index in [-0.39, 0.29) is 6.61 Å². The van der Waals surface area contributed by atoms with Crippen LogP contribution in [-0.2, 0) is 7.05 Å². The van der Waals surface area contributed by atoms with Crippen molar-refractivity contribution < 1.29 is 9.84 Å². The Balaban J connectivity index is 1.58. The zero-order chi connectivity index (χ0) is 15.4. The second-order valence-electron chi connectivity index (χ2n) is 4.98. The summed E-state index contributed by atoms with van der Waals surface area (Å²) < 4.78 is 7.60. The van der Waals surface area contributed by atoms with E-state index in [0.29, 0.717) is 5.75 Å². The molecule has 0 aliphatic heterocycles. The summed E-state index contributed by atoms with van der Waals surface area (Å²) in [5.74, 6) is 1.30. The minimum atomic E-state index is -0.569. The highest BCUT2D eigenvalue weighted by Gasteiger charge is 2.10. The molecule has 1 atom stereocenters. The van der Waals surface area contributed by atoms with Crippen LogP contribution in [0.2, 0.25) is 0 Å². The van der Waals surface area contributed by atoms with E-state index >= 15 is 0 Å². The van der Waals surface area contributed by atoms with E-state index in [0.717, 1.165) is 21.7 Å². The molecule has 0 spiro atoms. The molecule has 2 aromatic carbocycles. The van der Waals surface area contributed by atoms with Crippen LogP contribution >= 0.6 is 11.8 Å². The van der Waals surface area contributed by atoms with Gasteiger partial charge < -0.3 is 14.4 Å². The van der Waals surface area contributed by atoms with Crippen molar-refractivity contribution in [3.8, 4) is 5.75 Å². The van der Waals surface area contributed by atoms with Crippen molar-refractivity contribution in [2.45, 2.75) is 11.3 Å². The number of ether oxygens (including phenoxy) is 1. The molecule has 1 unspecified atom stereocenters. The van der Waals surface area contributed by atoms with Crippen LogP contribution in [0.15, 0.2) is 53.9 Å². The number of thioether (sulfide) groups is 1. The van der Waals surface area contributed by atoms with Gasteiger partial charge in [0.1, 0.15) is 18.7 Å². The Labute approximate surface area is 132 Å². The van der Waals surface area contributed by atoms with E-state index in [4.69, 9.17) is 4.74 Å². The molecule has 0 saturated carbocycles. The lowest BCUT2D eigenvalue weighted by atomic mass is 10.1. The summed E-state index contributed by atoms with van der Waals surface area (Å²) >= 11 is 1.46. The number of fused-ring (bicyclic) bond motifs is 1. The fourth-order valence-electron chi connectivity index (χ4n) is 2.13. The maximum Gasteiger partial charge on any atom is 0.190 e. The summed E-state index contributed by atoms with van der Waals surface area (Å²) in [7, 11) is 1.88. The van der Waals surface area contributed by atoms with Gasteiger partial charge in [0.25, 0.3) is 0 Å². The number of aliphatic hydroxyl groups excluding tert-OH is 1. The Bertz CT molecular complexity index is 754. The summed E-state index contributed by atoms with van der Waals surface area (Å²) in [5.41, 5.74) is 0. The minimum Gasteiger partial charge on any atom is -0.490 e. The highest BCUT2D eigenvalue weighted by Crippen LogP contribution is 2.25. The van der Waals surface area contributed by atoms with E-state index in [9.17, 15) is 5.11 Å². The molecule has 3 aromatic rings. The molecule has 0 aliphatic carbocycles. The van der Waals surface area contributed by atoms with Crippen LogP contribution in [0.4, 0.5) is 0 Å². The van der Waals surface area contributed by atoms with E-state index < -0.39 is 6.10 Å². The zero-order valence-electron chi connectivity index (χ0n) is 12.2. The second kappa shape index (κ2) is 6.81. The summed E-state index contributed by atoms with van der Waals surface area (Å²) in [4.78, 5) is 0. The molecule has 0 aliphatic rings. The van der Waals surface area contributed by atoms with Crippen LogP contribution in [0.5, 0.6) is 5.75 Å². The first-order chi connectivity index (χ1) is 10.7. The number of nitrogens with zero attached hydrogens (tertiary/aromatic N) is 3. The fourth-order valence-corrected chi connectivity index (χ4v) is 2.92. The van der Waals surface area contributed by atoms with Gasteiger partial charge in [0.2, 0.25) is 0 Å². The van der Waals surface area contributed by atoms with Crippen molar-refractivity contribution in [2.24, 2.45) is 7.05 Å². The van der Waals surface area contributed by atoms with Gasteiger partial charge in [0.05, 0.1) is 6.10 Å².